The topological polar surface area (TPSA) is 50.9 Å². The quantitative estimate of drug-likeness (QED) is 0.720. The molecule has 62 valence electrons. The number of aromatic hydroxyl groups is 1. The van der Waals surface area contributed by atoms with Crippen LogP contribution in [0, 0.1) is 0 Å². The van der Waals surface area contributed by atoms with Gasteiger partial charge >= 0.3 is 0 Å². The van der Waals surface area contributed by atoms with Crippen molar-refractivity contribution in [3.05, 3.63) is 17.9 Å². The summed E-state index contributed by atoms with van der Waals surface area (Å²) in [6.07, 6.45) is 3.42. The zero-order valence-corrected chi connectivity index (χ0v) is 7.25. The van der Waals surface area contributed by atoms with Crippen LogP contribution in [0.5, 0.6) is 5.88 Å². The smallest absolute Gasteiger partial charge is 0.222 e. The average molecular weight is 181 g/mol. The molecule has 2 heterocycles. The van der Waals surface area contributed by atoms with Crippen LogP contribution in [0.15, 0.2) is 17.9 Å². The first-order valence-electron chi connectivity index (χ1n) is 3.38. The van der Waals surface area contributed by atoms with E-state index in [1.807, 2.05) is 11.6 Å². The third-order valence-corrected chi connectivity index (χ3v) is 2.38. The fourth-order valence-electron chi connectivity index (χ4n) is 0.946. The fraction of sp³-hybridized carbons (Fsp3) is 0.143. The lowest BCUT2D eigenvalue weighted by molar-refractivity contribution is 0.458. The molecule has 0 aliphatic heterocycles. The molecule has 0 aromatic carbocycles. The Balaban J connectivity index is 2.50. The summed E-state index contributed by atoms with van der Waals surface area (Å²) in [6.45, 7) is 0. The summed E-state index contributed by atoms with van der Waals surface area (Å²) in [7, 11) is 1.89. The molecule has 2 rings (SSSR count). The molecule has 2 aromatic rings. The Labute approximate surface area is 73.1 Å². The van der Waals surface area contributed by atoms with E-state index in [9.17, 15) is 0 Å². The van der Waals surface area contributed by atoms with Crippen LogP contribution in [-0.4, -0.2) is 19.6 Å². The predicted molar refractivity (Wildman–Crippen MR) is 46.0 cm³/mol. The SMILES string of the molecule is Cn1cncc1-c1nc(O)cs1. The van der Waals surface area contributed by atoms with E-state index < -0.39 is 0 Å². The summed E-state index contributed by atoms with van der Waals surface area (Å²) >= 11 is 1.40. The molecule has 0 atom stereocenters. The lowest BCUT2D eigenvalue weighted by Gasteiger charge is -1.94. The minimum absolute atomic E-state index is 0.0659. The van der Waals surface area contributed by atoms with Crippen molar-refractivity contribution in [2.24, 2.45) is 7.05 Å². The summed E-state index contributed by atoms with van der Waals surface area (Å²) in [5.41, 5.74) is 0.917. The Morgan fingerprint density at radius 2 is 2.42 bits per heavy atom. The van der Waals surface area contributed by atoms with Crippen molar-refractivity contribution in [3.8, 4) is 16.6 Å². The number of aryl methyl sites for hydroxylation is 1. The first-order chi connectivity index (χ1) is 5.77. The number of nitrogens with zero attached hydrogens (tertiary/aromatic N) is 3. The van der Waals surface area contributed by atoms with Crippen LogP contribution >= 0.6 is 11.3 Å². The number of rotatable bonds is 1. The number of aromatic nitrogens is 3. The van der Waals surface area contributed by atoms with Gasteiger partial charge in [0.05, 0.1) is 23.6 Å². The van der Waals surface area contributed by atoms with Gasteiger partial charge in [-0.05, 0) is 0 Å². The zero-order chi connectivity index (χ0) is 8.55. The predicted octanol–water partition coefficient (Wildman–Crippen LogP) is 1.25. The Bertz CT molecular complexity index is 393. The van der Waals surface area contributed by atoms with Gasteiger partial charge in [-0.3, -0.25) is 0 Å². The summed E-state index contributed by atoms with van der Waals surface area (Å²) in [5, 5.41) is 11.4. The van der Waals surface area contributed by atoms with Gasteiger partial charge in [0.1, 0.15) is 5.01 Å². The Morgan fingerprint density at radius 3 is 2.92 bits per heavy atom. The second-order valence-corrected chi connectivity index (χ2v) is 3.26. The number of thiazole rings is 1. The van der Waals surface area contributed by atoms with Crippen molar-refractivity contribution in [2.45, 2.75) is 0 Å². The summed E-state index contributed by atoms with van der Waals surface area (Å²) < 4.78 is 1.86. The van der Waals surface area contributed by atoms with Crippen molar-refractivity contribution in [1.82, 2.24) is 14.5 Å². The Morgan fingerprint density at radius 1 is 1.58 bits per heavy atom. The van der Waals surface area contributed by atoms with Crippen LogP contribution in [-0.2, 0) is 7.05 Å². The van der Waals surface area contributed by atoms with E-state index in [-0.39, 0.29) is 5.88 Å². The van der Waals surface area contributed by atoms with Crippen LogP contribution in [0.3, 0.4) is 0 Å². The van der Waals surface area contributed by atoms with Crippen LogP contribution in [0.2, 0.25) is 0 Å². The largest absolute Gasteiger partial charge is 0.493 e. The van der Waals surface area contributed by atoms with E-state index in [4.69, 9.17) is 5.11 Å². The molecule has 0 bridgehead atoms. The van der Waals surface area contributed by atoms with E-state index >= 15 is 0 Å². The van der Waals surface area contributed by atoms with Gasteiger partial charge in [-0.15, -0.1) is 11.3 Å². The molecule has 0 radical (unpaired) electrons. The fourth-order valence-corrected chi connectivity index (χ4v) is 1.68. The van der Waals surface area contributed by atoms with Crippen molar-refractivity contribution >= 4 is 11.3 Å². The number of imidazole rings is 1. The lowest BCUT2D eigenvalue weighted by Crippen LogP contribution is -1.87. The highest BCUT2D eigenvalue weighted by Gasteiger charge is 2.06. The van der Waals surface area contributed by atoms with Crippen LogP contribution in [0.25, 0.3) is 10.7 Å². The minimum Gasteiger partial charge on any atom is -0.493 e. The zero-order valence-electron chi connectivity index (χ0n) is 6.43. The molecule has 1 N–H and O–H groups in total. The molecule has 12 heavy (non-hydrogen) atoms. The van der Waals surface area contributed by atoms with Gasteiger partial charge in [0.2, 0.25) is 5.88 Å². The molecular weight excluding hydrogens is 174 g/mol. The van der Waals surface area contributed by atoms with E-state index in [0.717, 1.165) is 10.7 Å². The van der Waals surface area contributed by atoms with Crippen molar-refractivity contribution in [3.63, 3.8) is 0 Å². The van der Waals surface area contributed by atoms with Gasteiger partial charge in [0.25, 0.3) is 0 Å². The maximum Gasteiger partial charge on any atom is 0.222 e. The third kappa shape index (κ3) is 1.08. The Hall–Kier alpha value is -1.36. The molecule has 0 spiro atoms. The molecule has 0 aliphatic carbocycles. The molecule has 0 fully saturated rings. The van der Waals surface area contributed by atoms with Gasteiger partial charge in [-0.25, -0.2) is 9.97 Å². The molecule has 5 heteroatoms. The number of hydrogen-bond donors (Lipinski definition) is 1. The van der Waals surface area contributed by atoms with Gasteiger partial charge in [-0.1, -0.05) is 0 Å². The van der Waals surface area contributed by atoms with Crippen LogP contribution in [0.1, 0.15) is 0 Å². The van der Waals surface area contributed by atoms with Crippen LogP contribution in [0.4, 0.5) is 0 Å². The van der Waals surface area contributed by atoms with E-state index in [1.165, 1.54) is 11.3 Å². The number of hydrogen-bond acceptors (Lipinski definition) is 4. The second-order valence-electron chi connectivity index (χ2n) is 2.40. The highest BCUT2D eigenvalue weighted by Crippen LogP contribution is 2.24. The minimum atomic E-state index is 0.0659. The molecule has 0 unspecified atom stereocenters. The normalized spacial score (nSPS) is 10.4. The Kier molecular flexibility index (Phi) is 1.58. The second kappa shape index (κ2) is 2.60. The van der Waals surface area contributed by atoms with Crippen LogP contribution < -0.4 is 0 Å². The molecule has 4 nitrogen and oxygen atoms in total. The molecule has 0 amide bonds. The lowest BCUT2D eigenvalue weighted by atomic mass is 10.5. The van der Waals surface area contributed by atoms with E-state index in [0.29, 0.717) is 0 Å². The standard InChI is InChI=1S/C7H7N3OS/c1-10-4-8-2-5(10)7-9-6(11)3-12-7/h2-4,11H,1H3. The first-order valence-corrected chi connectivity index (χ1v) is 4.26. The maximum absolute atomic E-state index is 9.01. The van der Waals surface area contributed by atoms with Crippen molar-refractivity contribution < 1.29 is 5.11 Å². The molecule has 0 aliphatic rings. The van der Waals surface area contributed by atoms with Gasteiger partial charge < -0.3 is 9.67 Å². The van der Waals surface area contributed by atoms with Gasteiger partial charge in [-0.2, -0.15) is 0 Å². The molecule has 0 saturated carbocycles. The van der Waals surface area contributed by atoms with Crippen molar-refractivity contribution in [2.75, 3.05) is 0 Å². The van der Waals surface area contributed by atoms with Crippen molar-refractivity contribution in [1.29, 1.82) is 0 Å². The average Bonchev–Trinajstić information content (AvgIpc) is 2.58. The first kappa shape index (κ1) is 7.30. The van der Waals surface area contributed by atoms with E-state index in [1.54, 1.807) is 17.9 Å². The monoisotopic (exact) mass is 181 g/mol. The summed E-state index contributed by atoms with van der Waals surface area (Å²) in [4.78, 5) is 7.88. The summed E-state index contributed by atoms with van der Waals surface area (Å²) in [6, 6.07) is 0. The van der Waals surface area contributed by atoms with Gasteiger partial charge in [0.15, 0.2) is 0 Å². The molecule has 2 aromatic heterocycles. The molecular formula is C7H7N3OS. The highest BCUT2D eigenvalue weighted by atomic mass is 32.1. The summed E-state index contributed by atoms with van der Waals surface area (Å²) in [5.74, 6) is 0.0659. The third-order valence-electron chi connectivity index (χ3n) is 1.53. The highest BCUT2D eigenvalue weighted by molar-refractivity contribution is 7.13. The van der Waals surface area contributed by atoms with Gasteiger partial charge in [0, 0.05) is 7.05 Å². The van der Waals surface area contributed by atoms with E-state index in [2.05, 4.69) is 9.97 Å². The molecule has 0 saturated heterocycles. The maximum atomic E-state index is 9.01.